The molecule has 2 aromatic rings. The summed E-state index contributed by atoms with van der Waals surface area (Å²) in [5, 5.41) is 3.13. The van der Waals surface area contributed by atoms with E-state index >= 15 is 0 Å². The molecular weight excluding hydrogens is 513 g/mol. The van der Waals surface area contributed by atoms with E-state index in [1.165, 1.54) is 0 Å². The number of nitrogens with zero attached hydrogens (tertiary/aromatic N) is 4. The fourth-order valence-electron chi connectivity index (χ4n) is 6.77. The average Bonchev–Trinajstić information content (AvgIpc) is 3.53. The van der Waals surface area contributed by atoms with E-state index in [9.17, 15) is 14.0 Å². The number of rotatable bonds is 8. The minimum atomic E-state index is -1.67. The molecule has 2 aliphatic heterocycles. The van der Waals surface area contributed by atoms with Crippen LogP contribution in [-0.4, -0.2) is 89.2 Å². The van der Waals surface area contributed by atoms with E-state index in [-0.39, 0.29) is 35.1 Å². The topological polar surface area (TPSA) is 96.9 Å². The van der Waals surface area contributed by atoms with E-state index in [0.29, 0.717) is 55.4 Å². The summed E-state index contributed by atoms with van der Waals surface area (Å²) in [7, 11) is 2.04. The van der Waals surface area contributed by atoms with E-state index < -0.39 is 5.67 Å². The van der Waals surface area contributed by atoms with Gasteiger partial charge in [0.05, 0.1) is 17.9 Å². The van der Waals surface area contributed by atoms with Crippen LogP contribution in [0.4, 0.5) is 4.39 Å². The van der Waals surface area contributed by atoms with Gasteiger partial charge in [-0.25, -0.2) is 14.4 Å². The first-order chi connectivity index (χ1) is 19.3. The predicted molar refractivity (Wildman–Crippen MR) is 147 cm³/mol. The van der Waals surface area contributed by atoms with Crippen molar-refractivity contribution in [3.8, 4) is 22.9 Å². The van der Waals surface area contributed by atoms with Crippen LogP contribution in [0.25, 0.3) is 11.3 Å². The Labute approximate surface area is 234 Å². The third-order valence-corrected chi connectivity index (χ3v) is 8.86. The lowest BCUT2D eigenvalue weighted by Gasteiger charge is -2.59. The third kappa shape index (κ3) is 5.13. The van der Waals surface area contributed by atoms with Crippen LogP contribution in [0.15, 0.2) is 30.5 Å². The molecule has 1 spiro atoms. The molecule has 4 fully saturated rings. The number of hydrogen-bond donors (Lipinski definition) is 1. The summed E-state index contributed by atoms with van der Waals surface area (Å²) in [4.78, 5) is 39.1. The Bertz CT molecular complexity index is 1270. The first kappa shape index (κ1) is 26.9. The van der Waals surface area contributed by atoms with Gasteiger partial charge in [-0.15, -0.1) is 0 Å². The number of nitrogens with one attached hydrogen (secondary N) is 1. The summed E-state index contributed by atoms with van der Waals surface area (Å²) in [6, 6.07) is 7.37. The lowest BCUT2D eigenvalue weighted by atomic mass is 9.61. The highest BCUT2D eigenvalue weighted by atomic mass is 19.1. The SMILES string of the molecule is CCOc1ncccc1-c1ccc(OC2CC3(C2)CN(C(=O)C2(F)CCCC2)C3)c(C(=O)N[C@@H]2CCN(C)C2)n1. The van der Waals surface area contributed by atoms with Crippen molar-refractivity contribution in [1.82, 2.24) is 25.1 Å². The van der Waals surface area contributed by atoms with Crippen molar-refractivity contribution in [3.05, 3.63) is 36.2 Å². The molecule has 2 amide bonds. The second-order valence-electron chi connectivity index (χ2n) is 12.0. The third-order valence-electron chi connectivity index (χ3n) is 8.86. The fraction of sp³-hybridized carbons (Fsp3) is 0.600. The summed E-state index contributed by atoms with van der Waals surface area (Å²) in [6.45, 7) is 5.25. The maximum Gasteiger partial charge on any atom is 0.274 e. The lowest BCUT2D eigenvalue weighted by Crippen LogP contribution is -2.68. The molecule has 40 heavy (non-hydrogen) atoms. The molecule has 0 aromatic carbocycles. The van der Waals surface area contributed by atoms with Crippen LogP contribution in [0.5, 0.6) is 11.6 Å². The minimum absolute atomic E-state index is 0.0123. The average molecular weight is 552 g/mol. The van der Waals surface area contributed by atoms with E-state index in [2.05, 4.69) is 15.2 Å². The zero-order valence-electron chi connectivity index (χ0n) is 23.3. The van der Waals surface area contributed by atoms with Crippen molar-refractivity contribution in [2.24, 2.45) is 5.41 Å². The number of likely N-dealkylation sites (tertiary alicyclic amines) is 2. The summed E-state index contributed by atoms with van der Waals surface area (Å²) in [5.41, 5.74) is -0.142. The van der Waals surface area contributed by atoms with Crippen molar-refractivity contribution in [2.75, 3.05) is 39.8 Å². The Morgan fingerprint density at radius 2 is 1.95 bits per heavy atom. The number of pyridine rings is 2. The number of aromatic nitrogens is 2. The molecule has 1 N–H and O–H groups in total. The van der Waals surface area contributed by atoms with E-state index in [4.69, 9.17) is 14.5 Å². The minimum Gasteiger partial charge on any atom is -0.488 e. The van der Waals surface area contributed by atoms with Gasteiger partial charge in [-0.1, -0.05) is 0 Å². The Kier molecular flexibility index (Phi) is 7.14. The number of amides is 2. The van der Waals surface area contributed by atoms with E-state index in [1.54, 1.807) is 17.2 Å². The molecule has 214 valence electrons. The largest absolute Gasteiger partial charge is 0.488 e. The van der Waals surface area contributed by atoms with Gasteiger partial charge in [0.15, 0.2) is 17.1 Å². The number of carbonyl (C=O) groups is 2. The Hall–Kier alpha value is -3.27. The van der Waals surface area contributed by atoms with Gasteiger partial charge in [-0.2, -0.15) is 0 Å². The van der Waals surface area contributed by atoms with Crippen LogP contribution < -0.4 is 14.8 Å². The molecular formula is C30H38FN5O4. The molecule has 4 heterocycles. The quantitative estimate of drug-likeness (QED) is 0.535. The van der Waals surface area contributed by atoms with Gasteiger partial charge in [0.25, 0.3) is 11.8 Å². The molecule has 2 aliphatic carbocycles. The molecule has 2 aromatic heterocycles. The number of carbonyl (C=O) groups excluding carboxylic acids is 2. The van der Waals surface area contributed by atoms with Crippen molar-refractivity contribution in [3.63, 3.8) is 0 Å². The lowest BCUT2D eigenvalue weighted by molar-refractivity contribution is -0.171. The fourth-order valence-corrected chi connectivity index (χ4v) is 6.77. The highest BCUT2D eigenvalue weighted by Crippen LogP contribution is 2.51. The smallest absolute Gasteiger partial charge is 0.274 e. The second-order valence-corrected chi connectivity index (χ2v) is 12.0. The molecule has 1 atom stereocenters. The number of likely N-dealkylation sites (N-methyl/N-ethyl adjacent to an activating group) is 1. The summed E-state index contributed by atoms with van der Waals surface area (Å²) < 4.78 is 27.0. The van der Waals surface area contributed by atoms with Gasteiger partial charge >= 0.3 is 0 Å². The monoisotopic (exact) mass is 551 g/mol. The van der Waals surface area contributed by atoms with Crippen LogP contribution in [0.2, 0.25) is 0 Å². The van der Waals surface area contributed by atoms with Crippen molar-refractivity contribution < 1.29 is 23.5 Å². The zero-order chi connectivity index (χ0) is 27.9. The highest BCUT2D eigenvalue weighted by molar-refractivity contribution is 5.96. The maximum absolute atomic E-state index is 15.0. The van der Waals surface area contributed by atoms with Crippen LogP contribution >= 0.6 is 0 Å². The Morgan fingerprint density at radius 3 is 2.65 bits per heavy atom. The van der Waals surface area contributed by atoms with Gasteiger partial charge in [-0.3, -0.25) is 9.59 Å². The van der Waals surface area contributed by atoms with Crippen molar-refractivity contribution in [2.45, 2.75) is 69.7 Å². The normalized spacial score (nSPS) is 23.5. The first-order valence-corrected chi connectivity index (χ1v) is 14.5. The van der Waals surface area contributed by atoms with Gasteiger partial charge in [0.1, 0.15) is 6.10 Å². The van der Waals surface area contributed by atoms with E-state index in [1.807, 2.05) is 32.2 Å². The summed E-state index contributed by atoms with van der Waals surface area (Å²) in [6.07, 6.45) is 6.25. The number of hydrogen-bond acceptors (Lipinski definition) is 7. The second kappa shape index (κ2) is 10.6. The Morgan fingerprint density at radius 1 is 1.18 bits per heavy atom. The van der Waals surface area contributed by atoms with Crippen molar-refractivity contribution in [1.29, 1.82) is 0 Å². The number of alkyl halides is 1. The van der Waals surface area contributed by atoms with Crippen LogP contribution in [0.1, 0.15) is 62.4 Å². The molecule has 4 aliphatic rings. The zero-order valence-corrected chi connectivity index (χ0v) is 23.3. The molecule has 2 saturated carbocycles. The standard InChI is InChI=1S/C30H38FN5O4/c1-3-39-27-22(7-6-13-32-27)23-8-9-24(25(34-23)26(37)33-20-10-14-35(2)17-20)40-21-15-29(16-21)18-36(19-29)28(38)30(31)11-4-5-12-30/h6-9,13,20-21H,3-5,10-12,14-19H2,1-2H3,(H,33,37)/t20-/m1/s1. The van der Waals surface area contributed by atoms with Gasteiger partial charge < -0.3 is 24.6 Å². The summed E-state index contributed by atoms with van der Waals surface area (Å²) >= 11 is 0. The molecule has 2 saturated heterocycles. The predicted octanol–water partition coefficient (Wildman–Crippen LogP) is 3.63. The molecule has 9 nitrogen and oxygen atoms in total. The van der Waals surface area contributed by atoms with Gasteiger partial charge in [0.2, 0.25) is 5.88 Å². The highest BCUT2D eigenvalue weighted by Gasteiger charge is 2.58. The van der Waals surface area contributed by atoms with Crippen LogP contribution in [0.3, 0.4) is 0 Å². The molecule has 10 heteroatoms. The molecule has 0 unspecified atom stereocenters. The van der Waals surface area contributed by atoms with Crippen LogP contribution in [-0.2, 0) is 4.79 Å². The summed E-state index contributed by atoms with van der Waals surface area (Å²) in [5.74, 6) is 0.305. The Balaban J connectivity index is 1.16. The number of halogens is 1. The first-order valence-electron chi connectivity index (χ1n) is 14.5. The van der Waals surface area contributed by atoms with Crippen LogP contribution in [0, 0.1) is 5.41 Å². The molecule has 0 radical (unpaired) electrons. The molecule has 6 rings (SSSR count). The van der Waals surface area contributed by atoms with Gasteiger partial charge in [-0.05, 0) is 89.7 Å². The van der Waals surface area contributed by atoms with Crippen molar-refractivity contribution >= 4 is 11.8 Å². The maximum atomic E-state index is 15.0. The molecule has 0 bridgehead atoms. The van der Waals surface area contributed by atoms with Gasteiger partial charge in [0, 0.05) is 37.3 Å². The van der Waals surface area contributed by atoms with E-state index in [0.717, 1.165) is 45.2 Å². The number of ether oxygens (including phenoxy) is 2.